The van der Waals surface area contributed by atoms with Gasteiger partial charge in [-0.05, 0) is 30.5 Å². The molecule has 8 heteroatoms. The largest absolute Gasteiger partial charge is 0.348 e. The highest BCUT2D eigenvalue weighted by atomic mass is 32.2. The Morgan fingerprint density at radius 3 is 2.18 bits per heavy atom. The molecule has 1 aliphatic heterocycles. The van der Waals surface area contributed by atoms with E-state index >= 15 is 0 Å². The molecule has 2 rings (SSSR count). The molecule has 0 aliphatic carbocycles. The van der Waals surface area contributed by atoms with Crippen LogP contribution in [0.4, 0.5) is 5.69 Å². The Bertz CT molecular complexity index is 679. The smallest absolute Gasteiger partial charge is 0.321 e. The number of rotatable bonds is 6. The highest BCUT2D eigenvalue weighted by molar-refractivity contribution is 7.67. The molecule has 2 amide bonds. The van der Waals surface area contributed by atoms with Gasteiger partial charge in [-0.25, -0.2) is 4.90 Å². The van der Waals surface area contributed by atoms with Gasteiger partial charge in [0.25, 0.3) is 11.8 Å². The monoisotopic (exact) mass is 323 g/mol. The molecule has 0 radical (unpaired) electrons. The number of carbonyl (C=O) groups excluding carboxylic acids is 3. The first kappa shape index (κ1) is 15.9. The van der Waals surface area contributed by atoms with Crippen molar-refractivity contribution in [2.45, 2.75) is 19.3 Å². The van der Waals surface area contributed by atoms with Gasteiger partial charge in [0.1, 0.15) is 0 Å². The van der Waals surface area contributed by atoms with Gasteiger partial charge in [0, 0.05) is 18.6 Å². The minimum atomic E-state index is -3.15. The van der Waals surface area contributed by atoms with E-state index < -0.39 is 17.0 Å². The van der Waals surface area contributed by atoms with Crippen LogP contribution in [-0.2, 0) is 36.0 Å². The lowest BCUT2D eigenvalue weighted by molar-refractivity contribution is -0.133. The summed E-state index contributed by atoms with van der Waals surface area (Å²) < 4.78 is 24.4. The molecule has 0 aromatic heterocycles. The van der Waals surface area contributed by atoms with Crippen molar-refractivity contribution in [2.24, 2.45) is 0 Å². The minimum absolute atomic E-state index is 0.00190. The van der Waals surface area contributed by atoms with Crippen LogP contribution >= 0.6 is 0 Å². The molecule has 7 nitrogen and oxygen atoms in total. The summed E-state index contributed by atoms with van der Waals surface area (Å²) >= 11 is 0. The third-order valence-electron chi connectivity index (χ3n) is 3.03. The quantitative estimate of drug-likeness (QED) is 0.605. The maximum atomic E-state index is 11.5. The van der Waals surface area contributed by atoms with Crippen molar-refractivity contribution in [3.8, 4) is 0 Å². The SMILES string of the molecule is O=C(CCCc1ccc(N2C(=O)C=CC2=O)cc1)O[SH](=O)=O. The summed E-state index contributed by atoms with van der Waals surface area (Å²) in [5.41, 5.74) is 1.38. The topological polar surface area (TPSA) is 97.8 Å². The van der Waals surface area contributed by atoms with E-state index in [1.165, 1.54) is 12.2 Å². The first-order valence-corrected chi connectivity index (χ1v) is 7.57. The summed E-state index contributed by atoms with van der Waals surface area (Å²) in [6, 6.07) is 6.78. The third-order valence-corrected chi connectivity index (χ3v) is 3.38. The lowest BCUT2D eigenvalue weighted by Crippen LogP contribution is -2.29. The van der Waals surface area contributed by atoms with Crippen LogP contribution in [0.3, 0.4) is 0 Å². The fraction of sp³-hybridized carbons (Fsp3) is 0.214. The molecule has 0 N–H and O–H groups in total. The fourth-order valence-corrected chi connectivity index (χ4v) is 2.29. The Morgan fingerprint density at radius 1 is 1.05 bits per heavy atom. The van der Waals surface area contributed by atoms with E-state index in [2.05, 4.69) is 4.18 Å². The van der Waals surface area contributed by atoms with Crippen molar-refractivity contribution in [3.63, 3.8) is 0 Å². The molecule has 22 heavy (non-hydrogen) atoms. The van der Waals surface area contributed by atoms with Gasteiger partial charge in [0.05, 0.1) is 5.69 Å². The Labute approximate surface area is 128 Å². The molecule has 1 aliphatic rings. The molecular weight excluding hydrogens is 310 g/mol. The molecule has 0 saturated heterocycles. The van der Waals surface area contributed by atoms with Crippen LogP contribution in [0.2, 0.25) is 0 Å². The van der Waals surface area contributed by atoms with Crippen LogP contribution in [0, 0.1) is 0 Å². The molecule has 0 spiro atoms. The van der Waals surface area contributed by atoms with E-state index in [1.54, 1.807) is 24.3 Å². The van der Waals surface area contributed by atoms with Gasteiger partial charge in [0.15, 0.2) is 0 Å². The van der Waals surface area contributed by atoms with Crippen LogP contribution in [0.25, 0.3) is 0 Å². The van der Waals surface area contributed by atoms with E-state index in [1.807, 2.05) is 0 Å². The number of imide groups is 1. The van der Waals surface area contributed by atoms with Gasteiger partial charge in [-0.3, -0.25) is 14.4 Å². The molecular formula is C14H13NO6S. The Morgan fingerprint density at radius 2 is 1.64 bits per heavy atom. The maximum Gasteiger partial charge on any atom is 0.321 e. The summed E-state index contributed by atoms with van der Waals surface area (Å²) in [6.07, 6.45) is 3.40. The zero-order valence-corrected chi connectivity index (χ0v) is 12.3. The molecule has 0 unspecified atom stereocenters. The maximum absolute atomic E-state index is 11.5. The highest BCUT2D eigenvalue weighted by Gasteiger charge is 2.24. The number of hydrogen-bond donors (Lipinski definition) is 1. The van der Waals surface area contributed by atoms with Gasteiger partial charge < -0.3 is 4.18 Å². The molecule has 116 valence electrons. The van der Waals surface area contributed by atoms with Gasteiger partial charge in [-0.2, -0.15) is 8.42 Å². The number of aryl methyl sites for hydroxylation is 1. The van der Waals surface area contributed by atoms with Gasteiger partial charge in [-0.15, -0.1) is 0 Å². The van der Waals surface area contributed by atoms with E-state index in [9.17, 15) is 22.8 Å². The lowest BCUT2D eigenvalue weighted by atomic mass is 10.1. The number of thiol groups is 1. The number of nitrogens with zero attached hydrogens (tertiary/aromatic N) is 1. The van der Waals surface area contributed by atoms with E-state index in [-0.39, 0.29) is 18.2 Å². The fourth-order valence-electron chi connectivity index (χ4n) is 2.03. The minimum Gasteiger partial charge on any atom is -0.348 e. The van der Waals surface area contributed by atoms with Crippen molar-refractivity contribution in [2.75, 3.05) is 4.90 Å². The Kier molecular flexibility index (Phi) is 5.05. The number of amides is 2. The predicted molar refractivity (Wildman–Crippen MR) is 77.4 cm³/mol. The molecule has 1 heterocycles. The highest BCUT2D eigenvalue weighted by Crippen LogP contribution is 2.20. The van der Waals surface area contributed by atoms with Crippen molar-refractivity contribution >= 4 is 34.5 Å². The molecule has 0 fully saturated rings. The van der Waals surface area contributed by atoms with Crippen LogP contribution in [-0.4, -0.2) is 26.2 Å². The van der Waals surface area contributed by atoms with Gasteiger partial charge in [-0.1, -0.05) is 12.1 Å². The second-order valence-corrected chi connectivity index (χ2v) is 5.18. The predicted octanol–water partition coefficient (Wildman–Crippen LogP) is 0.508. The van der Waals surface area contributed by atoms with Gasteiger partial charge >= 0.3 is 17.0 Å². The Balaban J connectivity index is 1.89. The first-order chi connectivity index (χ1) is 10.5. The van der Waals surface area contributed by atoms with E-state index in [0.717, 1.165) is 10.5 Å². The zero-order chi connectivity index (χ0) is 16.1. The van der Waals surface area contributed by atoms with E-state index in [0.29, 0.717) is 18.5 Å². The Hall–Kier alpha value is -2.48. The lowest BCUT2D eigenvalue weighted by Gasteiger charge is -2.14. The molecule has 1 aromatic carbocycles. The number of anilines is 1. The van der Waals surface area contributed by atoms with Crippen molar-refractivity contribution in [1.82, 2.24) is 0 Å². The van der Waals surface area contributed by atoms with Crippen molar-refractivity contribution in [3.05, 3.63) is 42.0 Å². The average Bonchev–Trinajstić information content (AvgIpc) is 2.78. The normalized spacial score (nSPS) is 14.0. The third kappa shape index (κ3) is 4.01. The van der Waals surface area contributed by atoms with Crippen LogP contribution in [0.1, 0.15) is 18.4 Å². The number of hydrogen-bond acceptors (Lipinski definition) is 6. The number of benzene rings is 1. The summed E-state index contributed by atoms with van der Waals surface area (Å²) in [5.74, 6) is -1.55. The second-order valence-electron chi connectivity index (χ2n) is 4.55. The van der Waals surface area contributed by atoms with Crippen molar-refractivity contribution < 1.29 is 27.0 Å². The summed E-state index contributed by atoms with van der Waals surface area (Å²) in [4.78, 5) is 35.2. The van der Waals surface area contributed by atoms with Gasteiger partial charge in [0.2, 0.25) is 0 Å². The number of carbonyl (C=O) groups is 3. The molecule has 0 bridgehead atoms. The summed E-state index contributed by atoms with van der Waals surface area (Å²) in [5, 5.41) is 0. The standard InChI is InChI=1S/C14H13NO6S/c16-12-8-9-13(17)15(12)11-6-4-10(5-7-11)2-1-3-14(18)21-22(19)20/h4-9,22H,1-3H2. The summed E-state index contributed by atoms with van der Waals surface area (Å²) in [6.45, 7) is 0. The molecule has 0 atom stereocenters. The zero-order valence-electron chi connectivity index (χ0n) is 11.4. The van der Waals surface area contributed by atoms with Crippen LogP contribution in [0.15, 0.2) is 36.4 Å². The first-order valence-electron chi connectivity index (χ1n) is 6.47. The van der Waals surface area contributed by atoms with Crippen LogP contribution < -0.4 is 4.90 Å². The molecule has 0 saturated carbocycles. The van der Waals surface area contributed by atoms with Crippen LogP contribution in [0.5, 0.6) is 0 Å². The van der Waals surface area contributed by atoms with E-state index in [4.69, 9.17) is 0 Å². The molecule has 1 aromatic rings. The average molecular weight is 323 g/mol. The van der Waals surface area contributed by atoms with Crippen molar-refractivity contribution in [1.29, 1.82) is 0 Å². The summed E-state index contributed by atoms with van der Waals surface area (Å²) in [7, 11) is -3.15. The second kappa shape index (κ2) is 6.99.